The number of hydrogen-bond acceptors (Lipinski definition) is 5. The first-order valence-electron chi connectivity index (χ1n) is 7.32. The van der Waals surface area contributed by atoms with E-state index in [0.717, 1.165) is 0 Å². The van der Waals surface area contributed by atoms with Crippen molar-refractivity contribution >= 4 is 35.0 Å². The van der Waals surface area contributed by atoms with Crippen LogP contribution < -0.4 is 9.47 Å². The summed E-state index contributed by atoms with van der Waals surface area (Å²) in [4.78, 5) is 23.2. The Morgan fingerprint density at radius 2 is 1.80 bits per heavy atom. The maximum Gasteiger partial charge on any atom is 0.344 e. The second-order valence-electron chi connectivity index (χ2n) is 5.11. The van der Waals surface area contributed by atoms with E-state index in [0.29, 0.717) is 32.7 Å². The summed E-state index contributed by atoms with van der Waals surface area (Å²) in [6.45, 7) is 1.16. The molecular weight excluding hydrogens is 367 g/mol. The second-order valence-corrected chi connectivity index (χ2v) is 5.95. The Balaban J connectivity index is 1.92. The molecule has 0 aliphatic heterocycles. The summed E-state index contributed by atoms with van der Waals surface area (Å²) < 4.78 is 15.7. The van der Waals surface area contributed by atoms with Crippen molar-refractivity contribution in [3.63, 3.8) is 0 Å². The minimum atomic E-state index is -0.566. The minimum Gasteiger partial charge on any atom is -0.493 e. The number of carbonyl (C=O) groups excluding carboxylic acids is 2. The second kappa shape index (κ2) is 8.74. The molecule has 0 heterocycles. The molecule has 132 valence electrons. The molecule has 0 spiro atoms. The van der Waals surface area contributed by atoms with Gasteiger partial charge in [0.05, 0.1) is 7.11 Å². The molecule has 2 aromatic carbocycles. The van der Waals surface area contributed by atoms with E-state index in [4.69, 9.17) is 37.4 Å². The molecule has 0 saturated carbocycles. The standard InChI is InChI=1S/C18H16Cl2O5/c1-11(21)12-4-6-16(17(7-12)23-2)24-10-18(22)25-9-13-3-5-14(19)8-15(13)20/h3-8H,9-10H2,1-2H3. The van der Waals surface area contributed by atoms with Crippen LogP contribution in [0, 0.1) is 0 Å². The van der Waals surface area contributed by atoms with Gasteiger partial charge in [-0.3, -0.25) is 4.79 Å². The molecule has 0 aromatic heterocycles. The lowest BCUT2D eigenvalue weighted by molar-refractivity contribution is -0.147. The number of esters is 1. The van der Waals surface area contributed by atoms with Crippen molar-refractivity contribution in [2.75, 3.05) is 13.7 Å². The largest absolute Gasteiger partial charge is 0.493 e. The number of methoxy groups -OCH3 is 1. The summed E-state index contributed by atoms with van der Waals surface area (Å²) in [5.41, 5.74) is 1.13. The Bertz CT molecular complexity index is 789. The molecule has 25 heavy (non-hydrogen) atoms. The van der Waals surface area contributed by atoms with E-state index < -0.39 is 5.97 Å². The van der Waals surface area contributed by atoms with Crippen LogP contribution in [-0.2, 0) is 16.1 Å². The molecule has 0 N–H and O–H groups in total. The molecule has 0 unspecified atom stereocenters. The van der Waals surface area contributed by atoms with Gasteiger partial charge in [0.2, 0.25) is 0 Å². The fraction of sp³-hybridized carbons (Fsp3) is 0.222. The van der Waals surface area contributed by atoms with Crippen LogP contribution >= 0.6 is 23.2 Å². The SMILES string of the molecule is COc1cc(C(C)=O)ccc1OCC(=O)OCc1ccc(Cl)cc1Cl. The van der Waals surface area contributed by atoms with Gasteiger partial charge in [-0.15, -0.1) is 0 Å². The Morgan fingerprint density at radius 1 is 1.04 bits per heavy atom. The summed E-state index contributed by atoms with van der Waals surface area (Å²) >= 11 is 11.8. The van der Waals surface area contributed by atoms with Gasteiger partial charge in [-0.05, 0) is 37.3 Å². The maximum atomic E-state index is 11.8. The van der Waals surface area contributed by atoms with Crippen LogP contribution in [0.25, 0.3) is 0 Å². The van der Waals surface area contributed by atoms with Gasteiger partial charge < -0.3 is 14.2 Å². The lowest BCUT2D eigenvalue weighted by Crippen LogP contribution is -2.15. The average Bonchev–Trinajstić information content (AvgIpc) is 2.58. The van der Waals surface area contributed by atoms with E-state index in [-0.39, 0.29) is 19.0 Å². The normalized spacial score (nSPS) is 10.2. The van der Waals surface area contributed by atoms with Gasteiger partial charge in [-0.25, -0.2) is 4.79 Å². The smallest absolute Gasteiger partial charge is 0.344 e. The fourth-order valence-corrected chi connectivity index (χ4v) is 2.44. The van der Waals surface area contributed by atoms with Crippen LogP contribution in [-0.4, -0.2) is 25.5 Å². The van der Waals surface area contributed by atoms with Gasteiger partial charge in [0.1, 0.15) is 6.61 Å². The fourth-order valence-electron chi connectivity index (χ4n) is 1.98. The summed E-state index contributed by atoms with van der Waals surface area (Å²) in [5.74, 6) is 0.0445. The molecule has 0 atom stereocenters. The van der Waals surface area contributed by atoms with Crippen LogP contribution in [0.4, 0.5) is 0 Å². The van der Waals surface area contributed by atoms with Crippen molar-refractivity contribution in [1.82, 2.24) is 0 Å². The third-order valence-electron chi connectivity index (χ3n) is 3.32. The molecule has 0 fully saturated rings. The Kier molecular flexibility index (Phi) is 6.67. The summed E-state index contributed by atoms with van der Waals surface area (Å²) in [6.07, 6.45) is 0. The van der Waals surface area contributed by atoms with Gasteiger partial charge in [0.15, 0.2) is 23.9 Å². The van der Waals surface area contributed by atoms with Gasteiger partial charge in [0.25, 0.3) is 0 Å². The van der Waals surface area contributed by atoms with E-state index in [9.17, 15) is 9.59 Å². The highest BCUT2D eigenvalue weighted by Gasteiger charge is 2.12. The highest BCUT2D eigenvalue weighted by atomic mass is 35.5. The number of Topliss-reactive ketones (excluding diaryl/α,β-unsaturated/α-hetero) is 1. The highest BCUT2D eigenvalue weighted by molar-refractivity contribution is 6.35. The highest BCUT2D eigenvalue weighted by Crippen LogP contribution is 2.28. The molecule has 2 rings (SSSR count). The van der Waals surface area contributed by atoms with Gasteiger partial charge >= 0.3 is 5.97 Å². The van der Waals surface area contributed by atoms with Gasteiger partial charge in [-0.1, -0.05) is 29.3 Å². The zero-order chi connectivity index (χ0) is 18.4. The van der Waals surface area contributed by atoms with Crippen molar-refractivity contribution in [2.24, 2.45) is 0 Å². The molecular formula is C18H16Cl2O5. The van der Waals surface area contributed by atoms with Gasteiger partial charge in [0, 0.05) is 21.2 Å². The van der Waals surface area contributed by atoms with Crippen molar-refractivity contribution in [3.05, 3.63) is 57.6 Å². The van der Waals surface area contributed by atoms with Crippen molar-refractivity contribution in [3.8, 4) is 11.5 Å². The topological polar surface area (TPSA) is 61.8 Å². The summed E-state index contributed by atoms with van der Waals surface area (Å²) in [5, 5.41) is 0.923. The number of rotatable bonds is 7. The number of hydrogen-bond donors (Lipinski definition) is 0. The lowest BCUT2D eigenvalue weighted by Gasteiger charge is -2.11. The zero-order valence-electron chi connectivity index (χ0n) is 13.7. The number of benzene rings is 2. The average molecular weight is 383 g/mol. The van der Waals surface area contributed by atoms with Gasteiger partial charge in [-0.2, -0.15) is 0 Å². The molecule has 0 aliphatic carbocycles. The van der Waals surface area contributed by atoms with Crippen LogP contribution in [0.2, 0.25) is 10.0 Å². The van der Waals surface area contributed by atoms with E-state index in [1.54, 1.807) is 36.4 Å². The third kappa shape index (κ3) is 5.37. The number of ether oxygens (including phenoxy) is 3. The molecule has 2 aromatic rings. The quantitative estimate of drug-likeness (QED) is 0.526. The maximum absolute atomic E-state index is 11.8. The lowest BCUT2D eigenvalue weighted by atomic mass is 10.1. The van der Waals surface area contributed by atoms with Crippen LogP contribution in [0.15, 0.2) is 36.4 Å². The van der Waals surface area contributed by atoms with E-state index >= 15 is 0 Å². The van der Waals surface area contributed by atoms with Crippen molar-refractivity contribution in [2.45, 2.75) is 13.5 Å². The first-order valence-corrected chi connectivity index (χ1v) is 8.07. The molecule has 0 amide bonds. The zero-order valence-corrected chi connectivity index (χ0v) is 15.2. The van der Waals surface area contributed by atoms with Crippen molar-refractivity contribution in [1.29, 1.82) is 0 Å². The predicted octanol–water partition coefficient (Wildman–Crippen LogP) is 4.33. The van der Waals surface area contributed by atoms with Crippen molar-refractivity contribution < 1.29 is 23.8 Å². The van der Waals surface area contributed by atoms with E-state index in [1.807, 2.05) is 0 Å². The Labute approximate surface area is 155 Å². The first-order chi connectivity index (χ1) is 11.9. The number of ketones is 1. The number of carbonyl (C=O) groups is 2. The van der Waals surface area contributed by atoms with Crippen LogP contribution in [0.1, 0.15) is 22.8 Å². The first kappa shape index (κ1) is 19.1. The number of halogens is 2. The van der Waals surface area contributed by atoms with E-state index in [2.05, 4.69) is 0 Å². The van der Waals surface area contributed by atoms with Crippen LogP contribution in [0.5, 0.6) is 11.5 Å². The monoisotopic (exact) mass is 382 g/mol. The Hall–Kier alpha value is -2.24. The summed E-state index contributed by atoms with van der Waals surface area (Å²) in [6, 6.07) is 9.63. The Morgan fingerprint density at radius 3 is 2.44 bits per heavy atom. The summed E-state index contributed by atoms with van der Waals surface area (Å²) in [7, 11) is 1.45. The third-order valence-corrected chi connectivity index (χ3v) is 3.91. The predicted molar refractivity (Wildman–Crippen MR) is 94.8 cm³/mol. The van der Waals surface area contributed by atoms with Crippen LogP contribution in [0.3, 0.4) is 0 Å². The molecule has 7 heteroatoms. The van der Waals surface area contributed by atoms with E-state index in [1.165, 1.54) is 14.0 Å². The molecule has 0 bridgehead atoms. The molecule has 0 aliphatic rings. The molecule has 5 nitrogen and oxygen atoms in total. The molecule has 0 radical (unpaired) electrons. The molecule has 0 saturated heterocycles. The minimum absolute atomic E-state index is 0.0125.